The molecular weight excluding hydrogens is 254 g/mol. The molecule has 0 aromatic heterocycles. The molecule has 0 saturated carbocycles. The molecule has 0 fully saturated rings. The first-order valence-electron chi connectivity index (χ1n) is 6.37. The van der Waals surface area contributed by atoms with Crippen LogP contribution in [0.3, 0.4) is 0 Å². The Morgan fingerprint density at radius 2 is 1.65 bits per heavy atom. The van der Waals surface area contributed by atoms with Crippen LogP contribution >= 0.6 is 0 Å². The van der Waals surface area contributed by atoms with Crippen molar-refractivity contribution < 1.29 is 15.3 Å². The van der Waals surface area contributed by atoms with Crippen molar-refractivity contribution in [1.82, 2.24) is 0 Å². The van der Waals surface area contributed by atoms with Crippen LogP contribution in [0.1, 0.15) is 17.2 Å². The number of aliphatic hydroxyl groups excluding tert-OH is 2. The predicted molar refractivity (Wildman–Crippen MR) is 78.0 cm³/mol. The largest absolute Gasteiger partial charge is 0.507 e. The van der Waals surface area contributed by atoms with Gasteiger partial charge in [-0.3, -0.25) is 4.99 Å². The molecule has 0 unspecified atom stereocenters. The molecular formula is C16H17NO3. The van der Waals surface area contributed by atoms with E-state index < -0.39 is 12.1 Å². The van der Waals surface area contributed by atoms with E-state index in [0.717, 1.165) is 5.56 Å². The van der Waals surface area contributed by atoms with Crippen molar-refractivity contribution in [2.45, 2.75) is 12.1 Å². The number of aliphatic imine (C=N–C) groups is 1. The van der Waals surface area contributed by atoms with Gasteiger partial charge in [-0.2, -0.15) is 0 Å². The summed E-state index contributed by atoms with van der Waals surface area (Å²) < 4.78 is 0. The van der Waals surface area contributed by atoms with Gasteiger partial charge in [0.15, 0.2) is 0 Å². The molecule has 0 radical (unpaired) electrons. The van der Waals surface area contributed by atoms with Crippen LogP contribution in [0.25, 0.3) is 0 Å². The summed E-state index contributed by atoms with van der Waals surface area (Å²) in [6, 6.07) is 15.5. The third-order valence-corrected chi connectivity index (χ3v) is 3.00. The topological polar surface area (TPSA) is 73.0 Å². The molecule has 0 amide bonds. The maximum atomic E-state index is 9.89. The van der Waals surface area contributed by atoms with E-state index in [2.05, 4.69) is 4.99 Å². The Labute approximate surface area is 117 Å². The summed E-state index contributed by atoms with van der Waals surface area (Å²) in [6.45, 7) is -0.377. The Hall–Kier alpha value is -2.17. The number of nitrogens with zero attached hydrogens (tertiary/aromatic N) is 1. The van der Waals surface area contributed by atoms with Gasteiger partial charge in [-0.05, 0) is 17.7 Å². The zero-order valence-electron chi connectivity index (χ0n) is 10.9. The minimum atomic E-state index is -0.987. The molecule has 20 heavy (non-hydrogen) atoms. The molecule has 0 spiro atoms. The van der Waals surface area contributed by atoms with Crippen LogP contribution in [0, 0.1) is 0 Å². The fourth-order valence-corrected chi connectivity index (χ4v) is 1.91. The maximum absolute atomic E-state index is 9.89. The Bertz CT molecular complexity index is 569. The van der Waals surface area contributed by atoms with Crippen molar-refractivity contribution in [2.75, 3.05) is 6.61 Å². The second kappa shape index (κ2) is 6.84. The standard InChI is InChI=1S/C16H17NO3/c18-11-15(20)16(12-6-2-1-3-7-12)17-10-13-8-4-5-9-14(13)19/h1-10,15-16,18-20H,11H2/t15-,16+/m0/s1. The number of phenols is 1. The van der Waals surface area contributed by atoms with Gasteiger partial charge >= 0.3 is 0 Å². The molecule has 2 aromatic rings. The van der Waals surface area contributed by atoms with Gasteiger partial charge in [0.25, 0.3) is 0 Å². The Kier molecular flexibility index (Phi) is 4.87. The number of hydrogen-bond acceptors (Lipinski definition) is 4. The van der Waals surface area contributed by atoms with Crippen molar-refractivity contribution in [3.05, 3.63) is 65.7 Å². The van der Waals surface area contributed by atoms with Crippen molar-refractivity contribution in [3.8, 4) is 5.75 Å². The minimum Gasteiger partial charge on any atom is -0.507 e. The summed E-state index contributed by atoms with van der Waals surface area (Å²) in [4.78, 5) is 4.30. The number of aliphatic hydroxyl groups is 2. The fraction of sp³-hybridized carbons (Fsp3) is 0.188. The Morgan fingerprint density at radius 3 is 2.30 bits per heavy atom. The van der Waals surface area contributed by atoms with Gasteiger partial charge in [0, 0.05) is 11.8 Å². The number of para-hydroxylation sites is 1. The number of aromatic hydroxyl groups is 1. The number of benzene rings is 2. The Balaban J connectivity index is 2.27. The summed E-state index contributed by atoms with van der Waals surface area (Å²) in [5.41, 5.74) is 1.37. The van der Waals surface area contributed by atoms with Gasteiger partial charge in [0.2, 0.25) is 0 Å². The molecule has 0 heterocycles. The zero-order chi connectivity index (χ0) is 14.4. The zero-order valence-corrected chi connectivity index (χ0v) is 10.9. The molecule has 0 aliphatic heterocycles. The second-order valence-electron chi connectivity index (χ2n) is 4.44. The van der Waals surface area contributed by atoms with Gasteiger partial charge < -0.3 is 15.3 Å². The van der Waals surface area contributed by atoms with Crippen LogP contribution in [0.4, 0.5) is 0 Å². The van der Waals surface area contributed by atoms with Gasteiger partial charge in [-0.25, -0.2) is 0 Å². The molecule has 2 rings (SSSR count). The van der Waals surface area contributed by atoms with Crippen molar-refractivity contribution >= 4 is 6.21 Å². The van der Waals surface area contributed by atoms with Crippen LogP contribution in [-0.2, 0) is 0 Å². The van der Waals surface area contributed by atoms with Gasteiger partial charge in [0.1, 0.15) is 17.9 Å². The summed E-state index contributed by atoms with van der Waals surface area (Å²) in [7, 11) is 0. The highest BCUT2D eigenvalue weighted by Gasteiger charge is 2.18. The molecule has 2 atom stereocenters. The highest BCUT2D eigenvalue weighted by molar-refractivity contribution is 5.83. The molecule has 0 bridgehead atoms. The smallest absolute Gasteiger partial charge is 0.124 e. The highest BCUT2D eigenvalue weighted by Crippen LogP contribution is 2.22. The van der Waals surface area contributed by atoms with Crippen LogP contribution in [-0.4, -0.2) is 34.2 Å². The first-order valence-corrected chi connectivity index (χ1v) is 6.37. The SMILES string of the molecule is OC[C@H](O)[C@H](N=Cc1ccccc1O)c1ccccc1. The van der Waals surface area contributed by atoms with Gasteiger partial charge in [-0.1, -0.05) is 42.5 Å². The third kappa shape index (κ3) is 3.44. The van der Waals surface area contributed by atoms with Crippen molar-refractivity contribution in [2.24, 2.45) is 4.99 Å². The van der Waals surface area contributed by atoms with Crippen LogP contribution in [0.15, 0.2) is 59.6 Å². The molecule has 0 aliphatic carbocycles. The monoisotopic (exact) mass is 271 g/mol. The maximum Gasteiger partial charge on any atom is 0.124 e. The minimum absolute atomic E-state index is 0.126. The van der Waals surface area contributed by atoms with E-state index in [9.17, 15) is 10.2 Å². The molecule has 4 heteroatoms. The van der Waals surface area contributed by atoms with E-state index in [1.165, 1.54) is 6.21 Å². The first kappa shape index (κ1) is 14.2. The summed E-state index contributed by atoms with van der Waals surface area (Å²) in [5.74, 6) is 0.126. The lowest BCUT2D eigenvalue weighted by Crippen LogP contribution is -2.21. The molecule has 3 N–H and O–H groups in total. The fourth-order valence-electron chi connectivity index (χ4n) is 1.91. The average Bonchev–Trinajstić information content (AvgIpc) is 2.50. The number of rotatable bonds is 5. The molecule has 2 aromatic carbocycles. The molecule has 4 nitrogen and oxygen atoms in total. The average molecular weight is 271 g/mol. The molecule has 0 saturated heterocycles. The van der Waals surface area contributed by atoms with Crippen LogP contribution in [0.2, 0.25) is 0 Å². The van der Waals surface area contributed by atoms with Crippen molar-refractivity contribution in [1.29, 1.82) is 0 Å². The number of phenolic OH excluding ortho intramolecular Hbond substituents is 1. The lowest BCUT2D eigenvalue weighted by atomic mass is 10.0. The van der Waals surface area contributed by atoms with E-state index in [1.54, 1.807) is 24.3 Å². The van der Waals surface area contributed by atoms with Crippen molar-refractivity contribution in [3.63, 3.8) is 0 Å². The van der Waals surface area contributed by atoms with E-state index in [0.29, 0.717) is 5.56 Å². The lowest BCUT2D eigenvalue weighted by molar-refractivity contribution is 0.0749. The van der Waals surface area contributed by atoms with Gasteiger partial charge in [-0.15, -0.1) is 0 Å². The van der Waals surface area contributed by atoms with E-state index in [1.807, 2.05) is 30.3 Å². The summed E-state index contributed by atoms with van der Waals surface area (Å²) >= 11 is 0. The molecule has 104 valence electrons. The van der Waals surface area contributed by atoms with Gasteiger partial charge in [0.05, 0.1) is 6.61 Å². The molecule has 0 aliphatic rings. The lowest BCUT2D eigenvalue weighted by Gasteiger charge is -2.17. The number of hydrogen-bond donors (Lipinski definition) is 3. The van der Waals surface area contributed by atoms with Crippen LogP contribution in [0.5, 0.6) is 5.75 Å². The summed E-state index contributed by atoms with van der Waals surface area (Å²) in [6.07, 6.45) is 0.519. The van der Waals surface area contributed by atoms with E-state index >= 15 is 0 Å². The first-order chi connectivity index (χ1) is 9.72. The Morgan fingerprint density at radius 1 is 1.00 bits per heavy atom. The third-order valence-electron chi connectivity index (χ3n) is 3.00. The highest BCUT2D eigenvalue weighted by atomic mass is 16.3. The van der Waals surface area contributed by atoms with E-state index in [4.69, 9.17) is 5.11 Å². The predicted octanol–water partition coefficient (Wildman–Crippen LogP) is 1.91. The normalized spacial score (nSPS) is 14.3. The van der Waals surface area contributed by atoms with Crippen LogP contribution < -0.4 is 0 Å². The quantitative estimate of drug-likeness (QED) is 0.727. The second-order valence-corrected chi connectivity index (χ2v) is 4.44. The van der Waals surface area contributed by atoms with E-state index in [-0.39, 0.29) is 12.4 Å². The summed E-state index contributed by atoms with van der Waals surface area (Å²) in [5, 5.41) is 28.7.